The molecule has 0 radical (unpaired) electrons. The molecule has 2 rings (SSSR count). The Balaban J connectivity index is 1.96. The summed E-state index contributed by atoms with van der Waals surface area (Å²) in [5.74, 6) is 1.25. The highest BCUT2D eigenvalue weighted by Gasteiger charge is 2.21. The van der Waals surface area contributed by atoms with Crippen molar-refractivity contribution in [2.45, 2.75) is 6.92 Å². The van der Waals surface area contributed by atoms with Crippen molar-refractivity contribution in [1.82, 2.24) is 9.80 Å². The fraction of sp³-hybridized carbons (Fsp3) is 0.500. The Labute approximate surface area is 165 Å². The zero-order chi connectivity index (χ0) is 20.5. The predicted octanol–water partition coefficient (Wildman–Crippen LogP) is 1.43. The molecule has 8 heteroatoms. The number of nitrogens with zero attached hydrogens (tertiary/aromatic N) is 2. The van der Waals surface area contributed by atoms with Gasteiger partial charge in [-0.2, -0.15) is 0 Å². The molecule has 1 aromatic carbocycles. The number of rotatable bonds is 8. The fourth-order valence-corrected chi connectivity index (χ4v) is 2.99. The number of hydrogen-bond acceptors (Lipinski definition) is 7. The summed E-state index contributed by atoms with van der Waals surface area (Å²) in [6.45, 7) is 4.84. The maximum atomic E-state index is 12.5. The number of esters is 1. The number of carbonyl (C=O) groups is 2. The maximum absolute atomic E-state index is 12.5. The highest BCUT2D eigenvalue weighted by atomic mass is 16.5. The largest absolute Gasteiger partial charge is 0.493 e. The van der Waals surface area contributed by atoms with Gasteiger partial charge in [0.15, 0.2) is 11.5 Å². The summed E-state index contributed by atoms with van der Waals surface area (Å²) < 4.78 is 20.9. The van der Waals surface area contributed by atoms with Gasteiger partial charge >= 0.3 is 5.97 Å². The standard InChI is InChI=1S/C20H28N2O6/c1-5-28-19(24)14-21-8-10-22(11-9-21)18(23)7-6-15-12-16(25-2)20(27-4)17(13-15)26-3/h6-7,12-13H,5,8-11,14H2,1-4H3/b7-6-. The quantitative estimate of drug-likeness (QED) is 0.489. The maximum Gasteiger partial charge on any atom is 0.320 e. The van der Waals surface area contributed by atoms with Crippen molar-refractivity contribution in [3.63, 3.8) is 0 Å². The van der Waals surface area contributed by atoms with E-state index in [1.807, 2.05) is 4.90 Å². The molecule has 28 heavy (non-hydrogen) atoms. The average Bonchev–Trinajstić information content (AvgIpc) is 2.71. The first-order chi connectivity index (χ1) is 13.5. The van der Waals surface area contributed by atoms with E-state index in [2.05, 4.69) is 0 Å². The highest BCUT2D eigenvalue weighted by molar-refractivity contribution is 5.92. The minimum atomic E-state index is -0.232. The molecule has 0 saturated carbocycles. The van der Waals surface area contributed by atoms with Gasteiger partial charge in [0, 0.05) is 32.3 Å². The highest BCUT2D eigenvalue weighted by Crippen LogP contribution is 2.38. The van der Waals surface area contributed by atoms with Crippen LogP contribution in [0.3, 0.4) is 0 Å². The summed E-state index contributed by atoms with van der Waals surface area (Å²) in [7, 11) is 4.64. The molecule has 8 nitrogen and oxygen atoms in total. The minimum Gasteiger partial charge on any atom is -0.493 e. The van der Waals surface area contributed by atoms with Gasteiger partial charge in [-0.3, -0.25) is 14.5 Å². The summed E-state index contributed by atoms with van der Waals surface area (Å²) in [5, 5.41) is 0. The first-order valence-electron chi connectivity index (χ1n) is 9.17. The van der Waals surface area contributed by atoms with Gasteiger partial charge in [0.2, 0.25) is 11.7 Å². The zero-order valence-electron chi connectivity index (χ0n) is 16.9. The van der Waals surface area contributed by atoms with Crippen molar-refractivity contribution >= 4 is 18.0 Å². The lowest BCUT2D eigenvalue weighted by Gasteiger charge is -2.33. The van der Waals surface area contributed by atoms with Gasteiger partial charge in [0.05, 0.1) is 34.5 Å². The predicted molar refractivity (Wildman–Crippen MR) is 105 cm³/mol. The molecule has 1 aliphatic rings. The van der Waals surface area contributed by atoms with E-state index in [-0.39, 0.29) is 18.4 Å². The monoisotopic (exact) mass is 392 g/mol. The number of benzene rings is 1. The SMILES string of the molecule is CCOC(=O)CN1CCN(C(=O)/C=C\c2cc(OC)c(OC)c(OC)c2)CC1. The lowest BCUT2D eigenvalue weighted by molar-refractivity contribution is -0.145. The van der Waals surface area contributed by atoms with Crippen LogP contribution in [0.5, 0.6) is 17.2 Å². The van der Waals surface area contributed by atoms with Gasteiger partial charge in [0.1, 0.15) is 0 Å². The van der Waals surface area contributed by atoms with Crippen LogP contribution in [0, 0.1) is 0 Å². The molecular weight excluding hydrogens is 364 g/mol. The van der Waals surface area contributed by atoms with Gasteiger partial charge in [-0.1, -0.05) is 0 Å². The Bertz CT molecular complexity index is 686. The molecule has 0 aliphatic carbocycles. The van der Waals surface area contributed by atoms with E-state index in [4.69, 9.17) is 18.9 Å². The lowest BCUT2D eigenvalue weighted by atomic mass is 10.1. The second-order valence-electron chi connectivity index (χ2n) is 6.20. The molecule has 0 unspecified atom stereocenters. The van der Waals surface area contributed by atoms with Crippen LogP contribution in [0.4, 0.5) is 0 Å². The third kappa shape index (κ3) is 5.63. The van der Waals surface area contributed by atoms with Gasteiger partial charge in [-0.25, -0.2) is 0 Å². The molecular formula is C20H28N2O6. The van der Waals surface area contributed by atoms with Gasteiger partial charge in [-0.05, 0) is 30.7 Å². The molecule has 0 atom stereocenters. The molecule has 1 saturated heterocycles. The van der Waals surface area contributed by atoms with Crippen LogP contribution in [0.1, 0.15) is 12.5 Å². The Morgan fingerprint density at radius 3 is 2.11 bits per heavy atom. The molecule has 1 aliphatic heterocycles. The normalized spacial score (nSPS) is 14.8. The van der Waals surface area contributed by atoms with Gasteiger partial charge < -0.3 is 23.8 Å². The number of ether oxygens (including phenoxy) is 4. The van der Waals surface area contributed by atoms with E-state index in [1.54, 1.807) is 51.4 Å². The summed E-state index contributed by atoms with van der Waals surface area (Å²) in [6, 6.07) is 3.56. The second-order valence-corrected chi connectivity index (χ2v) is 6.20. The molecule has 1 fully saturated rings. The number of piperazine rings is 1. The molecule has 1 aromatic rings. The average molecular weight is 392 g/mol. The first kappa shape index (κ1) is 21.6. The van der Waals surface area contributed by atoms with Gasteiger partial charge in [0.25, 0.3) is 0 Å². The molecule has 1 heterocycles. The van der Waals surface area contributed by atoms with Crippen LogP contribution >= 0.6 is 0 Å². The van der Waals surface area contributed by atoms with Crippen molar-refractivity contribution < 1.29 is 28.5 Å². The first-order valence-corrected chi connectivity index (χ1v) is 9.17. The third-order valence-corrected chi connectivity index (χ3v) is 4.45. The Kier molecular flexibility index (Phi) is 8.13. The van der Waals surface area contributed by atoms with Crippen LogP contribution in [-0.4, -0.2) is 82.3 Å². The van der Waals surface area contributed by atoms with Gasteiger partial charge in [-0.15, -0.1) is 0 Å². The summed E-state index contributed by atoms with van der Waals surface area (Å²) >= 11 is 0. The Hall–Kier alpha value is -2.74. The Morgan fingerprint density at radius 2 is 1.61 bits per heavy atom. The van der Waals surface area contributed by atoms with Crippen molar-refractivity contribution in [3.8, 4) is 17.2 Å². The van der Waals surface area contributed by atoms with Crippen molar-refractivity contribution in [1.29, 1.82) is 0 Å². The summed E-state index contributed by atoms with van der Waals surface area (Å²) in [4.78, 5) is 27.8. The van der Waals surface area contributed by atoms with E-state index in [0.29, 0.717) is 50.0 Å². The summed E-state index contributed by atoms with van der Waals surface area (Å²) in [5.41, 5.74) is 0.767. The van der Waals surface area contributed by atoms with Crippen LogP contribution in [0.25, 0.3) is 6.08 Å². The van der Waals surface area contributed by atoms with Crippen molar-refractivity contribution in [3.05, 3.63) is 23.8 Å². The Morgan fingerprint density at radius 1 is 1.00 bits per heavy atom. The van der Waals surface area contributed by atoms with Crippen LogP contribution < -0.4 is 14.2 Å². The van der Waals surface area contributed by atoms with E-state index in [1.165, 1.54) is 6.08 Å². The fourth-order valence-electron chi connectivity index (χ4n) is 2.99. The summed E-state index contributed by atoms with van der Waals surface area (Å²) in [6.07, 6.45) is 3.25. The minimum absolute atomic E-state index is 0.0791. The van der Waals surface area contributed by atoms with E-state index >= 15 is 0 Å². The van der Waals surface area contributed by atoms with E-state index in [0.717, 1.165) is 5.56 Å². The zero-order valence-corrected chi connectivity index (χ0v) is 16.9. The molecule has 0 aromatic heterocycles. The van der Waals surface area contributed by atoms with E-state index < -0.39 is 0 Å². The lowest BCUT2D eigenvalue weighted by Crippen LogP contribution is -2.49. The van der Waals surface area contributed by atoms with E-state index in [9.17, 15) is 9.59 Å². The molecule has 1 amide bonds. The smallest absolute Gasteiger partial charge is 0.320 e. The molecule has 154 valence electrons. The number of methoxy groups -OCH3 is 3. The van der Waals surface area contributed by atoms with Crippen LogP contribution in [-0.2, 0) is 14.3 Å². The third-order valence-electron chi connectivity index (χ3n) is 4.45. The molecule has 0 N–H and O–H groups in total. The number of carbonyl (C=O) groups excluding carboxylic acids is 2. The number of amides is 1. The molecule has 0 bridgehead atoms. The van der Waals surface area contributed by atoms with Crippen molar-refractivity contribution in [2.75, 3.05) is 60.7 Å². The van der Waals surface area contributed by atoms with Crippen LogP contribution in [0.15, 0.2) is 18.2 Å². The molecule has 0 spiro atoms. The second kappa shape index (κ2) is 10.6. The number of hydrogen-bond donors (Lipinski definition) is 0. The topological polar surface area (TPSA) is 77.5 Å². The van der Waals surface area contributed by atoms with Crippen molar-refractivity contribution in [2.24, 2.45) is 0 Å². The van der Waals surface area contributed by atoms with Crippen LogP contribution in [0.2, 0.25) is 0 Å².